The largest absolute Gasteiger partial charge is 0.494 e. The number of thiazole rings is 1. The molecule has 0 unspecified atom stereocenters. The molecule has 0 aliphatic carbocycles. The molecule has 140 valence electrons. The van der Waals surface area contributed by atoms with Gasteiger partial charge in [-0.15, -0.1) is 0 Å². The highest BCUT2D eigenvalue weighted by Crippen LogP contribution is 2.29. The number of rotatable bonds is 4. The van der Waals surface area contributed by atoms with Crippen molar-refractivity contribution < 1.29 is 13.9 Å². The highest BCUT2D eigenvalue weighted by molar-refractivity contribution is 7.21. The Morgan fingerprint density at radius 2 is 2.15 bits per heavy atom. The van der Waals surface area contributed by atoms with E-state index in [0.29, 0.717) is 5.56 Å². The first kappa shape index (κ1) is 17.7. The molecule has 0 atom stereocenters. The smallest absolute Gasteiger partial charge is 0.251 e. The third-order valence-electron chi connectivity index (χ3n) is 4.67. The highest BCUT2D eigenvalue weighted by atomic mass is 32.1. The summed E-state index contributed by atoms with van der Waals surface area (Å²) in [5, 5.41) is 3.96. The van der Waals surface area contributed by atoms with Crippen LogP contribution >= 0.6 is 11.3 Å². The second kappa shape index (κ2) is 7.48. The highest BCUT2D eigenvalue weighted by Gasteiger charge is 2.23. The van der Waals surface area contributed by atoms with Gasteiger partial charge in [0, 0.05) is 30.9 Å². The van der Waals surface area contributed by atoms with E-state index in [1.165, 1.54) is 19.2 Å². The number of amides is 1. The Labute approximate surface area is 160 Å². The summed E-state index contributed by atoms with van der Waals surface area (Å²) in [4.78, 5) is 24.5. The molecule has 0 spiro atoms. The van der Waals surface area contributed by atoms with Crippen LogP contribution in [-0.2, 0) is 0 Å². The molecular weight excluding hydrogens is 367 g/mol. The van der Waals surface area contributed by atoms with E-state index in [1.54, 1.807) is 23.6 Å². The van der Waals surface area contributed by atoms with Gasteiger partial charge in [0.2, 0.25) is 0 Å². The van der Waals surface area contributed by atoms with Gasteiger partial charge in [-0.05, 0) is 43.2 Å². The lowest BCUT2D eigenvalue weighted by molar-refractivity contribution is 0.0930. The van der Waals surface area contributed by atoms with E-state index >= 15 is 0 Å². The summed E-state index contributed by atoms with van der Waals surface area (Å²) in [5.74, 6) is -0.672. The number of aromatic nitrogens is 2. The SMILES string of the molecule is COc1ccc(C(=O)NC2CCN(c3nc4cccnc4s3)CC2)cc1F. The number of carbonyl (C=O) groups excluding carboxylic acids is 1. The lowest BCUT2D eigenvalue weighted by atomic mass is 10.0. The average Bonchev–Trinajstić information content (AvgIpc) is 3.12. The van der Waals surface area contributed by atoms with Gasteiger partial charge in [-0.2, -0.15) is 0 Å². The zero-order chi connectivity index (χ0) is 18.8. The molecule has 1 aliphatic rings. The van der Waals surface area contributed by atoms with Crippen LogP contribution in [0, 0.1) is 5.82 Å². The van der Waals surface area contributed by atoms with Gasteiger partial charge in [-0.1, -0.05) is 11.3 Å². The van der Waals surface area contributed by atoms with Crippen LogP contribution in [0.5, 0.6) is 5.75 Å². The Kier molecular flexibility index (Phi) is 4.89. The van der Waals surface area contributed by atoms with Crippen LogP contribution in [0.4, 0.5) is 9.52 Å². The number of ether oxygens (including phenoxy) is 1. The van der Waals surface area contributed by atoms with E-state index in [9.17, 15) is 9.18 Å². The fourth-order valence-electron chi connectivity index (χ4n) is 3.19. The van der Waals surface area contributed by atoms with Crippen LogP contribution in [0.2, 0.25) is 0 Å². The first-order chi connectivity index (χ1) is 13.1. The minimum absolute atomic E-state index is 0.0615. The molecule has 0 radical (unpaired) electrons. The molecule has 1 aliphatic heterocycles. The number of hydrogen-bond donors (Lipinski definition) is 1. The molecule has 2 aromatic heterocycles. The van der Waals surface area contributed by atoms with Gasteiger partial charge < -0.3 is 15.0 Å². The zero-order valence-corrected chi connectivity index (χ0v) is 15.6. The van der Waals surface area contributed by atoms with E-state index in [-0.39, 0.29) is 17.7 Å². The molecule has 3 aromatic rings. The lowest BCUT2D eigenvalue weighted by Crippen LogP contribution is -2.44. The number of anilines is 1. The monoisotopic (exact) mass is 386 g/mol. The summed E-state index contributed by atoms with van der Waals surface area (Å²) in [7, 11) is 1.40. The Morgan fingerprint density at radius 3 is 2.85 bits per heavy atom. The Balaban J connectivity index is 1.36. The van der Waals surface area contributed by atoms with E-state index < -0.39 is 5.82 Å². The number of hydrogen-bond acceptors (Lipinski definition) is 6. The average molecular weight is 386 g/mol. The summed E-state index contributed by atoms with van der Waals surface area (Å²) in [6.45, 7) is 1.61. The number of methoxy groups -OCH3 is 1. The number of nitrogens with zero attached hydrogens (tertiary/aromatic N) is 3. The van der Waals surface area contributed by atoms with Crippen molar-refractivity contribution >= 4 is 32.7 Å². The van der Waals surface area contributed by atoms with Gasteiger partial charge in [-0.3, -0.25) is 4.79 Å². The molecule has 6 nitrogen and oxygen atoms in total. The molecule has 1 saturated heterocycles. The Bertz CT molecular complexity index is 936. The zero-order valence-electron chi connectivity index (χ0n) is 14.8. The molecule has 8 heteroatoms. The van der Waals surface area contributed by atoms with Crippen molar-refractivity contribution in [3.05, 3.63) is 47.9 Å². The van der Waals surface area contributed by atoms with Crippen LogP contribution in [0.3, 0.4) is 0 Å². The minimum atomic E-state index is -0.538. The number of nitrogens with one attached hydrogen (secondary N) is 1. The maximum atomic E-state index is 13.8. The van der Waals surface area contributed by atoms with Crippen molar-refractivity contribution in [1.29, 1.82) is 0 Å². The quantitative estimate of drug-likeness (QED) is 0.746. The van der Waals surface area contributed by atoms with Gasteiger partial charge in [0.25, 0.3) is 5.91 Å². The van der Waals surface area contributed by atoms with Gasteiger partial charge >= 0.3 is 0 Å². The first-order valence-electron chi connectivity index (χ1n) is 8.75. The molecule has 0 bridgehead atoms. The number of benzene rings is 1. The summed E-state index contributed by atoms with van der Waals surface area (Å²) in [5.41, 5.74) is 1.21. The predicted octanol–water partition coefficient (Wildman–Crippen LogP) is 3.24. The molecule has 1 N–H and O–H groups in total. The van der Waals surface area contributed by atoms with Crippen molar-refractivity contribution in [1.82, 2.24) is 15.3 Å². The lowest BCUT2D eigenvalue weighted by Gasteiger charge is -2.32. The maximum Gasteiger partial charge on any atom is 0.251 e. The summed E-state index contributed by atoms with van der Waals surface area (Å²) in [6.07, 6.45) is 3.40. The predicted molar refractivity (Wildman–Crippen MR) is 103 cm³/mol. The molecule has 0 saturated carbocycles. The van der Waals surface area contributed by atoms with E-state index in [4.69, 9.17) is 4.74 Å². The Morgan fingerprint density at radius 1 is 1.33 bits per heavy atom. The standard InChI is InChI=1S/C19H19FN4O2S/c1-26-16-5-4-12(11-14(16)20)17(25)22-13-6-9-24(10-7-13)19-23-15-3-2-8-21-18(15)27-19/h2-5,8,11,13H,6-7,9-10H2,1H3,(H,22,25). The van der Waals surface area contributed by atoms with E-state index in [1.807, 2.05) is 12.1 Å². The third kappa shape index (κ3) is 3.71. The Hall–Kier alpha value is -2.74. The van der Waals surface area contributed by atoms with Crippen molar-refractivity contribution in [2.24, 2.45) is 0 Å². The van der Waals surface area contributed by atoms with Gasteiger partial charge in [0.15, 0.2) is 16.7 Å². The molecule has 27 heavy (non-hydrogen) atoms. The van der Waals surface area contributed by atoms with Crippen LogP contribution < -0.4 is 15.0 Å². The van der Waals surface area contributed by atoms with Crippen LogP contribution in [0.15, 0.2) is 36.5 Å². The molecule has 1 aromatic carbocycles. The third-order valence-corrected chi connectivity index (χ3v) is 5.71. The van der Waals surface area contributed by atoms with Crippen molar-refractivity contribution in [3.8, 4) is 5.75 Å². The second-order valence-electron chi connectivity index (χ2n) is 6.41. The second-order valence-corrected chi connectivity index (χ2v) is 7.36. The molecule has 1 fully saturated rings. The summed E-state index contributed by atoms with van der Waals surface area (Å²) >= 11 is 1.58. The fourth-order valence-corrected chi connectivity index (χ4v) is 4.15. The van der Waals surface area contributed by atoms with Gasteiger partial charge in [0.05, 0.1) is 7.11 Å². The number of halogens is 1. The van der Waals surface area contributed by atoms with E-state index in [2.05, 4.69) is 20.2 Å². The van der Waals surface area contributed by atoms with E-state index in [0.717, 1.165) is 41.4 Å². The van der Waals surface area contributed by atoms with Gasteiger partial charge in [0.1, 0.15) is 10.3 Å². The number of piperidine rings is 1. The summed E-state index contributed by atoms with van der Waals surface area (Å²) in [6, 6.07) is 8.15. The first-order valence-corrected chi connectivity index (χ1v) is 9.56. The van der Waals surface area contributed by atoms with Crippen molar-refractivity contribution in [2.75, 3.05) is 25.1 Å². The van der Waals surface area contributed by atoms with Crippen LogP contribution in [0.25, 0.3) is 10.3 Å². The maximum absolute atomic E-state index is 13.8. The van der Waals surface area contributed by atoms with Crippen LogP contribution in [0.1, 0.15) is 23.2 Å². The molecule has 1 amide bonds. The van der Waals surface area contributed by atoms with Crippen molar-refractivity contribution in [3.63, 3.8) is 0 Å². The number of fused-ring (bicyclic) bond motifs is 1. The minimum Gasteiger partial charge on any atom is -0.494 e. The molecule has 3 heterocycles. The topological polar surface area (TPSA) is 67.3 Å². The number of carbonyl (C=O) groups is 1. The summed E-state index contributed by atoms with van der Waals surface area (Å²) < 4.78 is 18.7. The normalized spacial score (nSPS) is 15.1. The fraction of sp³-hybridized carbons (Fsp3) is 0.316. The number of pyridine rings is 1. The van der Waals surface area contributed by atoms with Crippen LogP contribution in [-0.4, -0.2) is 42.1 Å². The van der Waals surface area contributed by atoms with Gasteiger partial charge in [-0.25, -0.2) is 14.4 Å². The molecular formula is C19H19FN4O2S. The van der Waals surface area contributed by atoms with Crippen molar-refractivity contribution in [2.45, 2.75) is 18.9 Å². The molecule has 4 rings (SSSR count).